The van der Waals surface area contributed by atoms with E-state index >= 15 is 0 Å². The fourth-order valence-electron chi connectivity index (χ4n) is 1.57. The van der Waals surface area contributed by atoms with Gasteiger partial charge in [0.25, 0.3) is 11.6 Å². The number of carbonyl (C=O) groups is 1. The van der Waals surface area contributed by atoms with Gasteiger partial charge < -0.3 is 0 Å². The number of nitrogens with one attached hydrogen (secondary N) is 1. The molecule has 1 aliphatic heterocycles. The summed E-state index contributed by atoms with van der Waals surface area (Å²) in [6.07, 6.45) is 4.84. The lowest BCUT2D eigenvalue weighted by atomic mass is 10.2. The van der Waals surface area contributed by atoms with E-state index in [0.717, 1.165) is 0 Å². The number of nitro groups is 1. The maximum atomic E-state index is 11.6. The van der Waals surface area contributed by atoms with Gasteiger partial charge in [-0.3, -0.25) is 20.2 Å². The van der Waals surface area contributed by atoms with Crippen LogP contribution in [0.2, 0.25) is 0 Å². The topological polar surface area (TPSA) is 84.6 Å². The number of amides is 1. The molecule has 0 aliphatic carbocycles. The zero-order valence-electron chi connectivity index (χ0n) is 10.9. The first-order chi connectivity index (χ1) is 9.99. The molecule has 0 radical (unpaired) electrons. The van der Waals surface area contributed by atoms with Crippen molar-refractivity contribution in [2.24, 2.45) is 4.99 Å². The van der Waals surface area contributed by atoms with Crippen LogP contribution in [-0.4, -0.2) is 22.3 Å². The maximum absolute atomic E-state index is 11.6. The molecule has 1 amide bonds. The van der Waals surface area contributed by atoms with Crippen molar-refractivity contribution >= 4 is 46.2 Å². The summed E-state index contributed by atoms with van der Waals surface area (Å²) < 4.78 is 0. The number of hydrogen-bond donors (Lipinski definition) is 1. The van der Waals surface area contributed by atoms with Gasteiger partial charge in [0.15, 0.2) is 5.17 Å². The number of nitro benzene ring substituents is 1. The van der Waals surface area contributed by atoms with E-state index in [1.54, 1.807) is 24.5 Å². The highest BCUT2D eigenvalue weighted by molar-refractivity contribution is 8.13. The van der Waals surface area contributed by atoms with Crippen LogP contribution in [0.25, 0.3) is 6.08 Å². The number of hydrogen-bond acceptors (Lipinski definition) is 5. The zero-order valence-corrected chi connectivity index (χ0v) is 12.4. The molecule has 1 aromatic rings. The minimum Gasteiger partial charge on any atom is -0.300 e. The molecule has 1 aliphatic rings. The van der Waals surface area contributed by atoms with E-state index in [-0.39, 0.29) is 17.3 Å². The number of allylic oxidation sites excluding steroid dienone is 2. The Kier molecular flexibility index (Phi) is 4.77. The predicted molar refractivity (Wildman–Crippen MR) is 84.1 cm³/mol. The molecule has 0 atom stereocenters. The lowest BCUT2D eigenvalue weighted by Gasteiger charge is -1.95. The minimum atomic E-state index is -0.474. The normalized spacial score (nSPS) is 16.9. The van der Waals surface area contributed by atoms with Crippen LogP contribution in [0.1, 0.15) is 5.56 Å². The fraction of sp³-hybridized carbons (Fsp3) is 0.0769. The van der Waals surface area contributed by atoms with Crippen molar-refractivity contribution in [3.05, 3.63) is 56.7 Å². The Morgan fingerprint density at radius 1 is 1.43 bits per heavy atom. The molecular weight excluding hydrogens is 314 g/mol. The van der Waals surface area contributed by atoms with Crippen LogP contribution in [0, 0.1) is 10.1 Å². The Bertz CT molecular complexity index is 680. The molecule has 0 aromatic heterocycles. The molecule has 2 rings (SSSR count). The number of rotatable bonds is 3. The summed E-state index contributed by atoms with van der Waals surface area (Å²) in [5, 5.41) is 14.0. The van der Waals surface area contributed by atoms with Gasteiger partial charge in [-0.05, 0) is 36.1 Å². The summed E-state index contributed by atoms with van der Waals surface area (Å²) in [6.45, 7) is 0. The van der Waals surface area contributed by atoms with Gasteiger partial charge in [0, 0.05) is 17.2 Å². The lowest BCUT2D eigenvalue weighted by molar-refractivity contribution is -0.384. The van der Waals surface area contributed by atoms with Crippen molar-refractivity contribution in [2.75, 3.05) is 6.26 Å². The third kappa shape index (κ3) is 3.93. The second-order valence-electron chi connectivity index (χ2n) is 3.98. The average Bonchev–Trinajstić information content (AvgIpc) is 2.80. The molecule has 0 fully saturated rings. The number of amidine groups is 1. The molecule has 108 valence electrons. The molecule has 1 heterocycles. The van der Waals surface area contributed by atoms with Gasteiger partial charge in [0.1, 0.15) is 5.70 Å². The number of non-ortho nitro benzene ring substituents is 1. The van der Waals surface area contributed by atoms with Gasteiger partial charge in [0.05, 0.1) is 4.92 Å². The first-order valence-electron chi connectivity index (χ1n) is 5.77. The van der Waals surface area contributed by atoms with E-state index in [9.17, 15) is 14.9 Å². The van der Waals surface area contributed by atoms with Crippen molar-refractivity contribution in [3.8, 4) is 0 Å². The van der Waals surface area contributed by atoms with Crippen LogP contribution in [-0.2, 0) is 4.79 Å². The van der Waals surface area contributed by atoms with Gasteiger partial charge in [0.2, 0.25) is 0 Å². The molecule has 1 aromatic carbocycles. The SMILES string of the molecule is CSC1=N/C(=C\C(Cl)=C\c2ccc([N+](=O)[O-])cc2)C(=O)N1. The molecule has 0 saturated carbocycles. The van der Waals surface area contributed by atoms with Crippen molar-refractivity contribution in [1.29, 1.82) is 0 Å². The maximum Gasteiger partial charge on any atom is 0.275 e. The molecule has 0 spiro atoms. The van der Waals surface area contributed by atoms with Crippen LogP contribution in [0.15, 0.2) is 46.1 Å². The second kappa shape index (κ2) is 6.55. The van der Waals surface area contributed by atoms with Gasteiger partial charge in [-0.1, -0.05) is 23.4 Å². The molecule has 8 heteroatoms. The van der Waals surface area contributed by atoms with E-state index < -0.39 is 4.92 Å². The number of thioether (sulfide) groups is 1. The molecular formula is C13H10ClN3O3S. The van der Waals surface area contributed by atoms with Gasteiger partial charge in [-0.15, -0.1) is 0 Å². The second-order valence-corrected chi connectivity index (χ2v) is 5.21. The average molecular weight is 324 g/mol. The minimum absolute atomic E-state index is 0.00556. The molecule has 21 heavy (non-hydrogen) atoms. The van der Waals surface area contributed by atoms with Crippen molar-refractivity contribution in [3.63, 3.8) is 0 Å². The molecule has 0 bridgehead atoms. The van der Waals surface area contributed by atoms with Crippen molar-refractivity contribution < 1.29 is 9.72 Å². The summed E-state index contributed by atoms with van der Waals surface area (Å²) in [4.78, 5) is 25.7. The van der Waals surface area contributed by atoms with Gasteiger partial charge in [-0.25, -0.2) is 4.99 Å². The van der Waals surface area contributed by atoms with Crippen molar-refractivity contribution in [2.45, 2.75) is 0 Å². The molecule has 0 unspecified atom stereocenters. The van der Waals surface area contributed by atoms with Gasteiger partial charge in [-0.2, -0.15) is 0 Å². The number of aliphatic imine (C=N–C) groups is 1. The predicted octanol–water partition coefficient (Wildman–Crippen LogP) is 2.91. The van der Waals surface area contributed by atoms with Crippen molar-refractivity contribution in [1.82, 2.24) is 5.32 Å². The highest BCUT2D eigenvalue weighted by atomic mass is 35.5. The summed E-state index contributed by atoms with van der Waals surface area (Å²) in [7, 11) is 0. The Labute approximate surface area is 129 Å². The molecule has 6 nitrogen and oxygen atoms in total. The number of nitrogens with zero attached hydrogens (tertiary/aromatic N) is 2. The zero-order chi connectivity index (χ0) is 15.4. The van der Waals surface area contributed by atoms with E-state index in [0.29, 0.717) is 15.8 Å². The third-order valence-electron chi connectivity index (χ3n) is 2.55. The third-order valence-corrected chi connectivity index (χ3v) is 3.35. The van der Waals surface area contributed by atoms with E-state index in [2.05, 4.69) is 10.3 Å². The largest absolute Gasteiger partial charge is 0.300 e. The Hall–Kier alpha value is -2.12. The fourth-order valence-corrected chi connectivity index (χ4v) is 2.18. The quantitative estimate of drug-likeness (QED) is 0.526. The van der Waals surface area contributed by atoms with Crippen LogP contribution < -0.4 is 5.32 Å². The van der Waals surface area contributed by atoms with Crippen LogP contribution >= 0.6 is 23.4 Å². The molecule has 0 saturated heterocycles. The summed E-state index contributed by atoms with van der Waals surface area (Å²) >= 11 is 7.37. The Balaban J connectivity index is 2.19. The number of benzene rings is 1. The number of carbonyl (C=O) groups excluding carboxylic acids is 1. The number of halogens is 1. The molecule has 1 N–H and O–H groups in total. The summed E-state index contributed by atoms with van der Waals surface area (Å²) in [6, 6.07) is 5.92. The smallest absolute Gasteiger partial charge is 0.275 e. The van der Waals surface area contributed by atoms with Crippen LogP contribution in [0.4, 0.5) is 5.69 Å². The summed E-state index contributed by atoms with van der Waals surface area (Å²) in [5.74, 6) is -0.311. The highest BCUT2D eigenvalue weighted by Crippen LogP contribution is 2.19. The van der Waals surface area contributed by atoms with E-state index in [4.69, 9.17) is 11.6 Å². The summed E-state index contributed by atoms with van der Waals surface area (Å²) in [5.41, 5.74) is 0.920. The van der Waals surface area contributed by atoms with E-state index in [1.807, 2.05) is 0 Å². The van der Waals surface area contributed by atoms with E-state index in [1.165, 1.54) is 30.0 Å². The monoisotopic (exact) mass is 323 g/mol. The Morgan fingerprint density at radius 2 is 2.10 bits per heavy atom. The standard InChI is InChI=1S/C13H10ClN3O3S/c1-21-13-15-11(12(18)16-13)7-9(14)6-8-2-4-10(5-3-8)17(19)20/h2-7H,1H3,(H,15,16,18)/b9-6-,11-7-. The van der Waals surface area contributed by atoms with Gasteiger partial charge >= 0.3 is 0 Å². The Morgan fingerprint density at radius 3 is 2.62 bits per heavy atom. The van der Waals surface area contributed by atoms with Crippen LogP contribution in [0.3, 0.4) is 0 Å². The van der Waals surface area contributed by atoms with Crippen LogP contribution in [0.5, 0.6) is 0 Å². The first-order valence-corrected chi connectivity index (χ1v) is 7.37. The highest BCUT2D eigenvalue weighted by Gasteiger charge is 2.19. The lowest BCUT2D eigenvalue weighted by Crippen LogP contribution is -2.21. The first kappa shape index (κ1) is 15.3.